The number of nitrogens with one attached hydrogen (secondary N) is 1. The van der Waals surface area contributed by atoms with Gasteiger partial charge in [-0.1, -0.05) is 17.7 Å². The van der Waals surface area contributed by atoms with Crippen LogP contribution in [0, 0.1) is 5.82 Å². The first kappa shape index (κ1) is 15.8. The second-order valence-corrected chi connectivity index (χ2v) is 4.90. The molecule has 0 aliphatic rings. The summed E-state index contributed by atoms with van der Waals surface area (Å²) in [6.45, 7) is 2.15. The van der Waals surface area contributed by atoms with E-state index in [4.69, 9.17) is 21.1 Å². The number of hydrogen-bond acceptors (Lipinski definition) is 3. The number of benzene rings is 2. The summed E-state index contributed by atoms with van der Waals surface area (Å²) in [5.74, 6) is 0.791. The molecule has 3 nitrogen and oxygen atoms in total. The van der Waals surface area contributed by atoms with Crippen LogP contribution in [-0.4, -0.2) is 20.3 Å². The molecule has 0 radical (unpaired) electrons. The largest absolute Gasteiger partial charge is 0.456 e. The third-order valence-electron chi connectivity index (χ3n) is 2.85. The zero-order chi connectivity index (χ0) is 15.1. The predicted octanol–water partition coefficient (Wildman–Crippen LogP) is 4.01. The van der Waals surface area contributed by atoms with Gasteiger partial charge in [-0.15, -0.1) is 0 Å². The summed E-state index contributed by atoms with van der Waals surface area (Å²) in [5, 5.41) is 3.76. The van der Waals surface area contributed by atoms with Crippen molar-refractivity contribution in [3.05, 3.63) is 58.9 Å². The zero-order valence-corrected chi connectivity index (χ0v) is 12.5. The molecule has 0 fully saturated rings. The Morgan fingerprint density at radius 2 is 1.90 bits per heavy atom. The minimum absolute atomic E-state index is 0.300. The quantitative estimate of drug-likeness (QED) is 0.784. The maximum absolute atomic E-state index is 12.8. The van der Waals surface area contributed by atoms with E-state index in [0.29, 0.717) is 29.7 Å². The monoisotopic (exact) mass is 309 g/mol. The lowest BCUT2D eigenvalue weighted by atomic mass is 10.2. The van der Waals surface area contributed by atoms with Gasteiger partial charge in [-0.2, -0.15) is 0 Å². The fourth-order valence-electron chi connectivity index (χ4n) is 1.77. The smallest absolute Gasteiger partial charge is 0.146 e. The average molecular weight is 310 g/mol. The summed E-state index contributed by atoms with van der Waals surface area (Å²) in [6.07, 6.45) is 0. The van der Waals surface area contributed by atoms with E-state index in [1.807, 2.05) is 12.1 Å². The van der Waals surface area contributed by atoms with Crippen LogP contribution in [0.5, 0.6) is 11.5 Å². The van der Waals surface area contributed by atoms with Crippen molar-refractivity contribution in [1.82, 2.24) is 5.32 Å². The molecule has 0 aliphatic heterocycles. The summed E-state index contributed by atoms with van der Waals surface area (Å²) >= 11 is 6.20. The van der Waals surface area contributed by atoms with Crippen LogP contribution in [0.25, 0.3) is 0 Å². The highest BCUT2D eigenvalue weighted by atomic mass is 35.5. The Labute approximate surface area is 128 Å². The lowest BCUT2D eigenvalue weighted by Crippen LogP contribution is -2.18. The summed E-state index contributed by atoms with van der Waals surface area (Å²) in [4.78, 5) is 0. The highest BCUT2D eigenvalue weighted by Gasteiger charge is 2.05. The molecule has 0 atom stereocenters. The number of rotatable bonds is 7. The van der Waals surface area contributed by atoms with Crippen molar-refractivity contribution in [2.24, 2.45) is 0 Å². The van der Waals surface area contributed by atoms with Crippen molar-refractivity contribution >= 4 is 11.6 Å². The second-order valence-electron chi connectivity index (χ2n) is 4.49. The van der Waals surface area contributed by atoms with E-state index in [1.165, 1.54) is 12.1 Å². The topological polar surface area (TPSA) is 30.5 Å². The number of methoxy groups -OCH3 is 1. The molecule has 112 valence electrons. The van der Waals surface area contributed by atoms with Crippen LogP contribution in [-0.2, 0) is 11.3 Å². The van der Waals surface area contributed by atoms with Gasteiger partial charge in [-0.3, -0.25) is 0 Å². The van der Waals surface area contributed by atoms with Crippen molar-refractivity contribution in [2.45, 2.75) is 6.54 Å². The van der Waals surface area contributed by atoms with Gasteiger partial charge in [0.2, 0.25) is 0 Å². The van der Waals surface area contributed by atoms with Crippen molar-refractivity contribution in [3.8, 4) is 11.5 Å². The average Bonchev–Trinajstić information content (AvgIpc) is 2.48. The van der Waals surface area contributed by atoms with Gasteiger partial charge in [0.25, 0.3) is 0 Å². The van der Waals surface area contributed by atoms with Crippen LogP contribution in [0.15, 0.2) is 42.5 Å². The van der Waals surface area contributed by atoms with E-state index in [0.717, 1.165) is 12.1 Å². The van der Waals surface area contributed by atoms with Crippen LogP contribution in [0.1, 0.15) is 5.56 Å². The maximum atomic E-state index is 12.8. The molecule has 0 amide bonds. The molecule has 0 aromatic heterocycles. The molecule has 21 heavy (non-hydrogen) atoms. The van der Waals surface area contributed by atoms with E-state index in [9.17, 15) is 4.39 Å². The zero-order valence-electron chi connectivity index (χ0n) is 11.7. The van der Waals surface area contributed by atoms with E-state index >= 15 is 0 Å². The first-order valence-corrected chi connectivity index (χ1v) is 6.98. The number of hydrogen-bond donors (Lipinski definition) is 1. The van der Waals surface area contributed by atoms with Gasteiger partial charge in [0.1, 0.15) is 17.3 Å². The normalized spacial score (nSPS) is 10.6. The first-order chi connectivity index (χ1) is 10.2. The lowest BCUT2D eigenvalue weighted by Gasteiger charge is -2.10. The number of ether oxygens (including phenoxy) is 2. The Hall–Kier alpha value is -1.62. The molecule has 2 aromatic rings. The van der Waals surface area contributed by atoms with Gasteiger partial charge in [0.05, 0.1) is 11.6 Å². The molecule has 0 spiro atoms. The molecule has 2 aromatic carbocycles. The van der Waals surface area contributed by atoms with Crippen LogP contribution in [0.4, 0.5) is 4.39 Å². The molecule has 0 heterocycles. The molecule has 0 unspecified atom stereocenters. The molecule has 2 rings (SSSR count). The van der Waals surface area contributed by atoms with Crippen molar-refractivity contribution in [3.63, 3.8) is 0 Å². The standard InChI is InChI=1S/C16H17ClFNO2/c1-20-9-8-19-11-12-2-7-16(15(17)10-12)21-14-5-3-13(18)4-6-14/h2-7,10,19H,8-9,11H2,1H3. The Balaban J connectivity index is 1.97. The fraction of sp³-hybridized carbons (Fsp3) is 0.250. The fourth-order valence-corrected chi connectivity index (χ4v) is 2.02. The van der Waals surface area contributed by atoms with Gasteiger partial charge < -0.3 is 14.8 Å². The van der Waals surface area contributed by atoms with Gasteiger partial charge in [0, 0.05) is 20.2 Å². The minimum atomic E-state index is -0.300. The van der Waals surface area contributed by atoms with Crippen molar-refractivity contribution in [1.29, 1.82) is 0 Å². The molecule has 1 N–H and O–H groups in total. The molecule has 5 heteroatoms. The summed E-state index contributed by atoms with van der Waals surface area (Å²) in [5.41, 5.74) is 1.06. The van der Waals surface area contributed by atoms with Gasteiger partial charge in [-0.25, -0.2) is 4.39 Å². The molecule has 0 aliphatic carbocycles. The third-order valence-corrected chi connectivity index (χ3v) is 3.15. The molecule has 0 saturated carbocycles. The highest BCUT2D eigenvalue weighted by Crippen LogP contribution is 2.30. The second kappa shape index (κ2) is 7.98. The van der Waals surface area contributed by atoms with Crippen LogP contribution >= 0.6 is 11.6 Å². The van der Waals surface area contributed by atoms with Gasteiger partial charge in [-0.05, 0) is 42.0 Å². The Bertz CT molecular complexity index is 575. The third kappa shape index (κ3) is 5.01. The van der Waals surface area contributed by atoms with Crippen LogP contribution in [0.2, 0.25) is 5.02 Å². The predicted molar refractivity (Wildman–Crippen MR) is 81.5 cm³/mol. The molecular weight excluding hydrogens is 293 g/mol. The Morgan fingerprint density at radius 3 is 2.57 bits per heavy atom. The first-order valence-electron chi connectivity index (χ1n) is 6.60. The maximum Gasteiger partial charge on any atom is 0.146 e. The van der Waals surface area contributed by atoms with E-state index in [-0.39, 0.29) is 5.82 Å². The molecule has 0 saturated heterocycles. The summed E-state index contributed by atoms with van der Waals surface area (Å²) in [7, 11) is 1.67. The Morgan fingerprint density at radius 1 is 1.14 bits per heavy atom. The minimum Gasteiger partial charge on any atom is -0.456 e. The van der Waals surface area contributed by atoms with Crippen LogP contribution < -0.4 is 10.1 Å². The van der Waals surface area contributed by atoms with E-state index in [1.54, 1.807) is 25.3 Å². The van der Waals surface area contributed by atoms with E-state index < -0.39 is 0 Å². The highest BCUT2D eigenvalue weighted by molar-refractivity contribution is 6.32. The Kier molecular flexibility index (Phi) is 5.99. The molecule has 0 bridgehead atoms. The SMILES string of the molecule is COCCNCc1ccc(Oc2ccc(F)cc2)c(Cl)c1. The van der Waals surface area contributed by atoms with E-state index in [2.05, 4.69) is 5.32 Å². The van der Waals surface area contributed by atoms with Gasteiger partial charge in [0.15, 0.2) is 0 Å². The van der Waals surface area contributed by atoms with Crippen LogP contribution in [0.3, 0.4) is 0 Å². The summed E-state index contributed by atoms with van der Waals surface area (Å²) in [6, 6.07) is 11.4. The van der Waals surface area contributed by atoms with Gasteiger partial charge >= 0.3 is 0 Å². The number of halogens is 2. The van der Waals surface area contributed by atoms with Crippen molar-refractivity contribution in [2.75, 3.05) is 20.3 Å². The molecular formula is C16H17ClFNO2. The lowest BCUT2D eigenvalue weighted by molar-refractivity contribution is 0.199. The summed E-state index contributed by atoms with van der Waals surface area (Å²) < 4.78 is 23.4. The van der Waals surface area contributed by atoms with Crippen molar-refractivity contribution < 1.29 is 13.9 Å².